The predicted octanol–water partition coefficient (Wildman–Crippen LogP) is 0.690. The van der Waals surface area contributed by atoms with Crippen LogP contribution >= 0.6 is 15.9 Å². The second-order valence-electron chi connectivity index (χ2n) is 5.94. The average Bonchev–Trinajstić information content (AvgIpc) is 3.09. The zero-order valence-corrected chi connectivity index (χ0v) is 16.1. The highest BCUT2D eigenvalue weighted by Gasteiger charge is 2.30. The van der Waals surface area contributed by atoms with Gasteiger partial charge in [0, 0.05) is 6.20 Å². The lowest BCUT2D eigenvalue weighted by atomic mass is 10.0. The summed E-state index contributed by atoms with van der Waals surface area (Å²) in [6, 6.07) is -0.711. The largest absolute Gasteiger partial charge is 0.459 e. The number of aromatic amines is 1. The number of esters is 1. The van der Waals surface area contributed by atoms with Crippen LogP contribution in [0.2, 0.25) is 0 Å². The van der Waals surface area contributed by atoms with Crippen molar-refractivity contribution in [3.63, 3.8) is 0 Å². The van der Waals surface area contributed by atoms with Gasteiger partial charge in [-0.1, -0.05) is 36.2 Å². The van der Waals surface area contributed by atoms with Crippen LogP contribution in [0.5, 0.6) is 0 Å². The molecule has 0 aromatic carbocycles. The molecule has 2 rings (SSSR count). The first-order valence-electron chi connectivity index (χ1n) is 8.18. The van der Waals surface area contributed by atoms with Crippen molar-refractivity contribution in [3.8, 4) is 0 Å². The molecule has 3 N–H and O–H groups in total. The third kappa shape index (κ3) is 4.91. The van der Waals surface area contributed by atoms with E-state index in [2.05, 4.69) is 20.9 Å². The molecule has 1 aliphatic rings. The minimum absolute atomic E-state index is 0.00120. The van der Waals surface area contributed by atoms with Gasteiger partial charge in [0.05, 0.1) is 12.2 Å². The second kappa shape index (κ2) is 9.26. The Balaban J connectivity index is 1.99. The molecule has 1 saturated heterocycles. The highest BCUT2D eigenvalue weighted by Crippen LogP contribution is 2.20. The Morgan fingerprint density at radius 1 is 1.58 bits per heavy atom. The number of hydrogen-bond acceptors (Lipinski definition) is 7. The summed E-state index contributed by atoms with van der Waals surface area (Å²) in [5, 5.41) is 0. The van der Waals surface area contributed by atoms with Crippen molar-refractivity contribution < 1.29 is 19.0 Å². The molecule has 0 aliphatic carbocycles. The van der Waals surface area contributed by atoms with Gasteiger partial charge in [-0.25, -0.2) is 4.79 Å². The van der Waals surface area contributed by atoms with Crippen LogP contribution in [-0.2, 0) is 19.0 Å². The zero-order chi connectivity index (χ0) is 19.3. The van der Waals surface area contributed by atoms with Gasteiger partial charge in [-0.15, -0.1) is 0 Å². The fourth-order valence-corrected chi connectivity index (χ4v) is 2.60. The fourth-order valence-electron chi connectivity index (χ4n) is 2.31. The van der Waals surface area contributed by atoms with Gasteiger partial charge < -0.3 is 19.9 Å². The van der Waals surface area contributed by atoms with Gasteiger partial charge in [0.15, 0.2) is 12.5 Å². The summed E-state index contributed by atoms with van der Waals surface area (Å²) in [5.74, 6) is -0.526. The number of rotatable bonds is 7. The van der Waals surface area contributed by atoms with Gasteiger partial charge in [0.2, 0.25) is 0 Å². The van der Waals surface area contributed by atoms with E-state index >= 15 is 0 Å². The van der Waals surface area contributed by atoms with E-state index in [9.17, 15) is 14.4 Å². The van der Waals surface area contributed by atoms with Gasteiger partial charge in [-0.05, 0) is 17.0 Å². The lowest BCUT2D eigenvalue weighted by Gasteiger charge is -2.18. The lowest BCUT2D eigenvalue weighted by molar-refractivity contribution is -0.161. The maximum absolute atomic E-state index is 12.0. The maximum Gasteiger partial charge on any atom is 0.330 e. The van der Waals surface area contributed by atoms with Crippen molar-refractivity contribution in [2.24, 2.45) is 11.7 Å². The van der Waals surface area contributed by atoms with Crippen molar-refractivity contribution in [2.75, 3.05) is 13.2 Å². The molecular formula is C16H22BrN3O6. The second-order valence-corrected chi connectivity index (χ2v) is 6.47. The number of ether oxygens (including phenoxy) is 3. The number of carbonyl (C=O) groups excluding carboxylic acids is 1. The molecule has 26 heavy (non-hydrogen) atoms. The van der Waals surface area contributed by atoms with Crippen LogP contribution in [0.25, 0.3) is 6.08 Å². The molecular weight excluding hydrogens is 410 g/mol. The van der Waals surface area contributed by atoms with Gasteiger partial charge in [-0.3, -0.25) is 19.1 Å². The molecule has 0 saturated carbocycles. The van der Waals surface area contributed by atoms with E-state index in [-0.39, 0.29) is 24.7 Å². The first kappa shape index (κ1) is 20.6. The van der Waals surface area contributed by atoms with Crippen molar-refractivity contribution in [1.82, 2.24) is 9.55 Å². The molecule has 9 nitrogen and oxygen atoms in total. The van der Waals surface area contributed by atoms with Gasteiger partial charge >= 0.3 is 11.7 Å². The lowest BCUT2D eigenvalue weighted by Crippen LogP contribution is -2.39. The molecule has 0 spiro atoms. The molecule has 1 fully saturated rings. The van der Waals surface area contributed by atoms with Crippen molar-refractivity contribution in [3.05, 3.63) is 37.6 Å². The van der Waals surface area contributed by atoms with Crippen LogP contribution in [0.15, 0.2) is 20.8 Å². The molecule has 0 amide bonds. The number of nitrogens with two attached hydrogens (primary N) is 1. The van der Waals surface area contributed by atoms with Gasteiger partial charge in [0.25, 0.3) is 5.56 Å². The molecule has 144 valence electrons. The summed E-state index contributed by atoms with van der Waals surface area (Å²) < 4.78 is 17.3. The first-order valence-corrected chi connectivity index (χ1v) is 9.10. The topological polar surface area (TPSA) is 126 Å². The normalized spacial score (nSPS) is 22.5. The van der Waals surface area contributed by atoms with Crippen molar-refractivity contribution in [2.45, 2.75) is 38.8 Å². The van der Waals surface area contributed by atoms with Crippen LogP contribution in [0.1, 0.15) is 32.1 Å². The van der Waals surface area contributed by atoms with Crippen LogP contribution in [-0.4, -0.2) is 41.1 Å². The van der Waals surface area contributed by atoms with Crippen LogP contribution in [0, 0.1) is 5.92 Å². The third-order valence-electron chi connectivity index (χ3n) is 4.17. The van der Waals surface area contributed by atoms with E-state index in [4.69, 9.17) is 19.9 Å². The SMILES string of the molecule is CC[C@H](C)[C@H](N)C(=O)OC[C@H]1OC[C@@H](n2cc(/C=C/Br)c(=O)[nH]c2=O)O1. The summed E-state index contributed by atoms with van der Waals surface area (Å²) in [6.45, 7) is 3.74. The summed E-state index contributed by atoms with van der Waals surface area (Å²) in [6.07, 6.45) is 2.07. The Kier molecular flexibility index (Phi) is 7.33. The van der Waals surface area contributed by atoms with Crippen LogP contribution in [0.3, 0.4) is 0 Å². The summed E-state index contributed by atoms with van der Waals surface area (Å²) in [4.78, 5) is 39.3. The minimum Gasteiger partial charge on any atom is -0.459 e. The summed E-state index contributed by atoms with van der Waals surface area (Å²) in [7, 11) is 0. The smallest absolute Gasteiger partial charge is 0.330 e. The van der Waals surface area contributed by atoms with E-state index in [0.717, 1.165) is 6.42 Å². The first-order chi connectivity index (χ1) is 12.4. The zero-order valence-electron chi connectivity index (χ0n) is 14.5. The molecule has 0 radical (unpaired) electrons. The Morgan fingerprint density at radius 2 is 2.31 bits per heavy atom. The number of carbonyl (C=O) groups is 1. The molecule has 1 aromatic rings. The Morgan fingerprint density at radius 3 is 2.96 bits per heavy atom. The number of H-pyrrole nitrogens is 1. The van der Waals surface area contributed by atoms with Gasteiger partial charge in [0.1, 0.15) is 12.6 Å². The highest BCUT2D eigenvalue weighted by molar-refractivity contribution is 9.11. The monoisotopic (exact) mass is 431 g/mol. The number of hydrogen-bond donors (Lipinski definition) is 2. The highest BCUT2D eigenvalue weighted by atomic mass is 79.9. The molecule has 1 aliphatic heterocycles. The number of halogens is 1. The summed E-state index contributed by atoms with van der Waals surface area (Å²) >= 11 is 3.08. The Bertz CT molecular complexity index is 774. The molecule has 4 atom stereocenters. The van der Waals surface area contributed by atoms with E-state index in [1.165, 1.54) is 21.8 Å². The van der Waals surface area contributed by atoms with E-state index in [1.807, 2.05) is 13.8 Å². The van der Waals surface area contributed by atoms with E-state index < -0.39 is 35.8 Å². The van der Waals surface area contributed by atoms with Crippen molar-refractivity contribution in [1.29, 1.82) is 0 Å². The third-order valence-corrected chi connectivity index (χ3v) is 4.44. The van der Waals surface area contributed by atoms with Crippen LogP contribution in [0.4, 0.5) is 0 Å². The van der Waals surface area contributed by atoms with Crippen LogP contribution < -0.4 is 17.0 Å². The molecule has 2 heterocycles. The number of nitrogens with one attached hydrogen (secondary N) is 1. The predicted molar refractivity (Wildman–Crippen MR) is 97.5 cm³/mol. The molecule has 10 heteroatoms. The van der Waals surface area contributed by atoms with E-state index in [1.54, 1.807) is 0 Å². The minimum atomic E-state index is -0.818. The maximum atomic E-state index is 12.0. The van der Waals surface area contributed by atoms with Crippen molar-refractivity contribution >= 4 is 28.0 Å². The number of aromatic nitrogens is 2. The average molecular weight is 432 g/mol. The van der Waals surface area contributed by atoms with Gasteiger partial charge in [-0.2, -0.15) is 0 Å². The number of nitrogens with zero attached hydrogens (tertiary/aromatic N) is 1. The fraction of sp³-hybridized carbons (Fsp3) is 0.562. The Hall–Kier alpha value is -1.75. The summed E-state index contributed by atoms with van der Waals surface area (Å²) in [5.41, 5.74) is 4.96. The Labute approximate surface area is 158 Å². The standard InChI is InChI=1S/C16H22BrN3O6/c1-3-9(2)13(18)15(22)25-8-12-24-7-11(26-12)20-6-10(4-5-17)14(21)19-16(20)23/h4-6,9,11-13H,3,7-8,18H2,1-2H3,(H,19,21,23)/b5-4+/t9-,11-,12-,13-/m0/s1. The molecule has 0 unspecified atom stereocenters. The van der Waals surface area contributed by atoms with E-state index in [0.29, 0.717) is 0 Å². The molecule has 1 aromatic heterocycles. The molecule has 0 bridgehead atoms. The quantitative estimate of drug-likeness (QED) is 0.608.